The summed E-state index contributed by atoms with van der Waals surface area (Å²) in [4.78, 5) is 40.0. The number of hydrogen-bond acceptors (Lipinski definition) is 5. The van der Waals surface area contributed by atoms with E-state index in [0.29, 0.717) is 23.1 Å². The van der Waals surface area contributed by atoms with Crippen molar-refractivity contribution in [2.75, 3.05) is 6.61 Å². The number of aryl methyl sites for hydroxylation is 1. The Morgan fingerprint density at radius 1 is 1.18 bits per heavy atom. The van der Waals surface area contributed by atoms with Crippen molar-refractivity contribution in [3.05, 3.63) is 22.5 Å². The average molecular weight is 392 g/mol. The van der Waals surface area contributed by atoms with Crippen molar-refractivity contribution in [3.63, 3.8) is 0 Å². The van der Waals surface area contributed by atoms with Gasteiger partial charge in [0.15, 0.2) is 6.10 Å². The summed E-state index contributed by atoms with van der Waals surface area (Å²) in [5.74, 6) is -0.496. The number of aromatic nitrogens is 1. The molecule has 7 nitrogen and oxygen atoms in total. The van der Waals surface area contributed by atoms with E-state index in [1.165, 1.54) is 6.42 Å². The van der Waals surface area contributed by atoms with Crippen LogP contribution in [0.15, 0.2) is 0 Å². The van der Waals surface area contributed by atoms with Gasteiger partial charge in [-0.15, -0.1) is 0 Å². The van der Waals surface area contributed by atoms with Crippen LogP contribution >= 0.6 is 0 Å². The summed E-state index contributed by atoms with van der Waals surface area (Å²) in [5.41, 5.74) is 1.46. The van der Waals surface area contributed by atoms with Crippen LogP contribution in [0.5, 0.6) is 0 Å². The van der Waals surface area contributed by atoms with E-state index in [2.05, 4.69) is 24.1 Å². The van der Waals surface area contributed by atoms with Crippen LogP contribution in [-0.2, 0) is 14.3 Å². The zero-order valence-corrected chi connectivity index (χ0v) is 17.7. The van der Waals surface area contributed by atoms with Crippen molar-refractivity contribution in [2.24, 2.45) is 11.8 Å². The van der Waals surface area contributed by atoms with Crippen molar-refractivity contribution in [1.82, 2.24) is 10.3 Å². The Hall–Kier alpha value is -2.31. The van der Waals surface area contributed by atoms with Crippen molar-refractivity contribution in [2.45, 2.75) is 73.0 Å². The molecule has 1 saturated carbocycles. The van der Waals surface area contributed by atoms with Crippen LogP contribution < -0.4 is 5.32 Å². The summed E-state index contributed by atoms with van der Waals surface area (Å²) < 4.78 is 10.4. The van der Waals surface area contributed by atoms with Crippen LogP contribution in [0.1, 0.15) is 79.1 Å². The quantitative estimate of drug-likeness (QED) is 0.724. The van der Waals surface area contributed by atoms with E-state index >= 15 is 0 Å². The lowest BCUT2D eigenvalue weighted by Gasteiger charge is -2.35. The largest absolute Gasteiger partial charge is 0.461 e. The highest BCUT2D eigenvalue weighted by Crippen LogP contribution is 2.29. The second kappa shape index (κ2) is 9.26. The molecule has 1 aliphatic carbocycles. The van der Waals surface area contributed by atoms with E-state index in [1.807, 2.05) is 0 Å². The number of rotatable bonds is 6. The molecule has 1 aromatic heterocycles. The van der Waals surface area contributed by atoms with E-state index in [4.69, 9.17) is 9.47 Å². The number of carbonyl (C=O) groups is 3. The second-order valence-corrected chi connectivity index (χ2v) is 7.78. The molecule has 0 radical (unpaired) electrons. The summed E-state index contributed by atoms with van der Waals surface area (Å²) >= 11 is 0. The minimum Gasteiger partial charge on any atom is -0.461 e. The molecule has 1 aliphatic rings. The highest BCUT2D eigenvalue weighted by molar-refractivity contribution is 5.99. The molecule has 0 bridgehead atoms. The second-order valence-electron chi connectivity index (χ2n) is 7.78. The molecule has 2 N–H and O–H groups in total. The molecule has 7 heteroatoms. The maximum atomic E-state index is 12.6. The van der Waals surface area contributed by atoms with Gasteiger partial charge in [-0.2, -0.15) is 0 Å². The van der Waals surface area contributed by atoms with Gasteiger partial charge < -0.3 is 19.8 Å². The molecule has 156 valence electrons. The maximum absolute atomic E-state index is 12.6. The smallest absolute Gasteiger partial charge is 0.355 e. The molecule has 2 rings (SSSR count). The van der Waals surface area contributed by atoms with E-state index in [9.17, 15) is 14.4 Å². The lowest BCUT2D eigenvalue weighted by molar-refractivity contribution is -0.130. The molecule has 1 aromatic rings. The lowest BCUT2D eigenvalue weighted by atomic mass is 9.78. The Morgan fingerprint density at radius 3 is 2.50 bits per heavy atom. The van der Waals surface area contributed by atoms with E-state index in [0.717, 1.165) is 12.8 Å². The van der Waals surface area contributed by atoms with Crippen molar-refractivity contribution >= 4 is 17.8 Å². The molecule has 0 saturated heterocycles. The van der Waals surface area contributed by atoms with Gasteiger partial charge >= 0.3 is 11.9 Å². The summed E-state index contributed by atoms with van der Waals surface area (Å²) in [6, 6.07) is 0.101. The number of amides is 1. The van der Waals surface area contributed by atoms with Gasteiger partial charge in [0.05, 0.1) is 12.2 Å². The van der Waals surface area contributed by atoms with Gasteiger partial charge in [-0.25, -0.2) is 9.59 Å². The summed E-state index contributed by atoms with van der Waals surface area (Å²) in [6.45, 7) is 11.2. The standard InChI is InChI=1S/C21H32N2O5/c1-7-27-21(26)18-13(4)17(14(5)22-18)20(25)28-15(6)19(24)23-16-10-8-9-11(2)12(16)3/h11-12,15-16,22H,7-10H2,1-6H3,(H,23,24)/t11-,12-,15-,16-/m0/s1. The Bertz CT molecular complexity index is 739. The number of nitrogens with one attached hydrogen (secondary N) is 2. The molecule has 4 atom stereocenters. The number of hydrogen-bond donors (Lipinski definition) is 2. The highest BCUT2D eigenvalue weighted by Gasteiger charge is 2.31. The summed E-state index contributed by atoms with van der Waals surface area (Å²) in [6.07, 6.45) is 2.28. The first-order chi connectivity index (χ1) is 13.2. The predicted octanol–water partition coefficient (Wildman–Crippen LogP) is 3.29. The van der Waals surface area contributed by atoms with Crippen molar-refractivity contribution < 1.29 is 23.9 Å². The van der Waals surface area contributed by atoms with Crippen LogP contribution in [0.25, 0.3) is 0 Å². The Morgan fingerprint density at radius 2 is 1.86 bits per heavy atom. The minimum absolute atomic E-state index is 0.101. The van der Waals surface area contributed by atoms with E-state index < -0.39 is 18.0 Å². The summed E-state index contributed by atoms with van der Waals surface area (Å²) in [7, 11) is 0. The maximum Gasteiger partial charge on any atom is 0.355 e. The van der Waals surface area contributed by atoms with E-state index in [-0.39, 0.29) is 29.8 Å². The summed E-state index contributed by atoms with van der Waals surface area (Å²) in [5, 5.41) is 3.03. The average Bonchev–Trinajstić information content (AvgIpc) is 2.93. The molecule has 1 heterocycles. The third-order valence-electron chi connectivity index (χ3n) is 5.81. The Balaban J connectivity index is 2.04. The molecule has 1 fully saturated rings. The fourth-order valence-corrected chi connectivity index (χ4v) is 3.82. The first-order valence-corrected chi connectivity index (χ1v) is 10.0. The normalized spacial score (nSPS) is 23.0. The number of aromatic amines is 1. The van der Waals surface area contributed by atoms with E-state index in [1.54, 1.807) is 27.7 Å². The van der Waals surface area contributed by atoms with Gasteiger partial charge in [0, 0.05) is 11.7 Å². The molecule has 28 heavy (non-hydrogen) atoms. The Labute approximate surface area is 166 Å². The third-order valence-corrected chi connectivity index (χ3v) is 5.81. The fourth-order valence-electron chi connectivity index (χ4n) is 3.82. The molecule has 0 unspecified atom stereocenters. The first-order valence-electron chi connectivity index (χ1n) is 10.0. The van der Waals surface area contributed by atoms with Gasteiger partial charge in [0.1, 0.15) is 5.69 Å². The van der Waals surface area contributed by atoms with Crippen LogP contribution in [0.3, 0.4) is 0 Å². The first kappa shape index (κ1) is 22.0. The number of H-pyrrole nitrogens is 1. The van der Waals surface area contributed by atoms with Gasteiger partial charge in [-0.05, 0) is 51.5 Å². The molecular formula is C21H32N2O5. The molecule has 1 amide bonds. The number of esters is 2. The molecule has 0 aliphatic heterocycles. The SMILES string of the molecule is CCOC(=O)c1[nH]c(C)c(C(=O)O[C@@H](C)C(=O)N[C@H]2CCC[C@H](C)[C@@H]2C)c1C. The number of ether oxygens (including phenoxy) is 2. The molecular weight excluding hydrogens is 360 g/mol. The molecule has 0 aromatic carbocycles. The zero-order valence-electron chi connectivity index (χ0n) is 17.7. The van der Waals surface area contributed by atoms with Gasteiger partial charge in [-0.3, -0.25) is 4.79 Å². The van der Waals surface area contributed by atoms with Gasteiger partial charge in [0.25, 0.3) is 5.91 Å². The Kier molecular flexibility index (Phi) is 7.27. The third kappa shape index (κ3) is 4.75. The predicted molar refractivity (Wildman–Crippen MR) is 105 cm³/mol. The van der Waals surface area contributed by atoms with Crippen molar-refractivity contribution in [1.29, 1.82) is 0 Å². The van der Waals surface area contributed by atoms with Gasteiger partial charge in [-0.1, -0.05) is 26.7 Å². The zero-order chi connectivity index (χ0) is 21.0. The minimum atomic E-state index is -0.920. The van der Waals surface area contributed by atoms with Crippen molar-refractivity contribution in [3.8, 4) is 0 Å². The van der Waals surface area contributed by atoms with Gasteiger partial charge in [0.2, 0.25) is 0 Å². The van der Waals surface area contributed by atoms with Crippen LogP contribution in [0, 0.1) is 25.7 Å². The number of carbonyl (C=O) groups excluding carboxylic acids is 3. The highest BCUT2D eigenvalue weighted by atomic mass is 16.5. The monoisotopic (exact) mass is 392 g/mol. The van der Waals surface area contributed by atoms with Crippen LogP contribution in [0.2, 0.25) is 0 Å². The van der Waals surface area contributed by atoms with Crippen LogP contribution in [0.4, 0.5) is 0 Å². The molecule has 0 spiro atoms. The fraction of sp³-hybridized carbons (Fsp3) is 0.667. The lowest BCUT2D eigenvalue weighted by Crippen LogP contribution is -2.47. The van der Waals surface area contributed by atoms with Crippen LogP contribution in [-0.4, -0.2) is 41.6 Å². The topological polar surface area (TPSA) is 97.5 Å².